The molecule has 0 aliphatic rings. The fourth-order valence-corrected chi connectivity index (χ4v) is 1.77. The third-order valence-corrected chi connectivity index (χ3v) is 2.62. The Hall–Kier alpha value is -0.514. The van der Waals surface area contributed by atoms with Crippen LogP contribution < -0.4 is 21.9 Å². The van der Waals surface area contributed by atoms with Crippen LogP contribution in [0.15, 0.2) is 48.5 Å². The Morgan fingerprint density at radius 2 is 1.78 bits per heavy atom. The summed E-state index contributed by atoms with van der Waals surface area (Å²) in [5.41, 5.74) is 3.75. The van der Waals surface area contributed by atoms with E-state index < -0.39 is 0 Å². The molecule has 0 amide bonds. The van der Waals surface area contributed by atoms with E-state index in [-0.39, 0.29) is 40.0 Å². The van der Waals surface area contributed by atoms with Crippen molar-refractivity contribution in [2.75, 3.05) is 11.9 Å². The molecule has 0 spiro atoms. The normalized spacial score (nSPS) is 9.00. The fourth-order valence-electron chi connectivity index (χ4n) is 1.77. The Morgan fingerprint density at radius 1 is 1.11 bits per heavy atom. The standard InChI is InChI=1S/C15H16N.BrH.Mg/c1-13-7-6-8-14(11-13)12-16(2)15-9-4-3-5-10-15;;/h3-7,9-11H,12H2,1-2H3;1H;/q-1;;+2/p-1. The molecule has 0 aliphatic carbocycles. The monoisotopic (exact) mass is 313 g/mol. The molecule has 0 heterocycles. The van der Waals surface area contributed by atoms with Gasteiger partial charge in [0, 0.05) is 19.3 Å². The minimum Gasteiger partial charge on any atom is -1.00 e. The van der Waals surface area contributed by atoms with Crippen molar-refractivity contribution in [3.8, 4) is 0 Å². The number of halogens is 1. The van der Waals surface area contributed by atoms with Crippen LogP contribution in [-0.2, 0) is 6.54 Å². The second-order valence-electron chi connectivity index (χ2n) is 4.08. The number of rotatable bonds is 3. The van der Waals surface area contributed by atoms with E-state index in [1.807, 2.05) is 12.1 Å². The average molecular weight is 315 g/mol. The molecule has 0 N–H and O–H groups in total. The Bertz CT molecular complexity index is 459. The molecule has 0 saturated carbocycles. The van der Waals surface area contributed by atoms with E-state index in [0.29, 0.717) is 0 Å². The summed E-state index contributed by atoms with van der Waals surface area (Å²) in [6.07, 6.45) is 0. The average Bonchev–Trinajstić information content (AvgIpc) is 2.30. The van der Waals surface area contributed by atoms with Gasteiger partial charge in [-0.3, -0.25) is 0 Å². The topological polar surface area (TPSA) is 3.24 Å². The molecule has 0 aromatic heterocycles. The van der Waals surface area contributed by atoms with Gasteiger partial charge in [-0.2, -0.15) is 29.8 Å². The second-order valence-corrected chi connectivity index (χ2v) is 4.08. The first-order valence-corrected chi connectivity index (χ1v) is 5.49. The fraction of sp³-hybridized carbons (Fsp3) is 0.200. The van der Waals surface area contributed by atoms with Gasteiger partial charge in [0.2, 0.25) is 0 Å². The number of para-hydroxylation sites is 1. The molecule has 0 unspecified atom stereocenters. The number of hydrogen-bond acceptors (Lipinski definition) is 1. The predicted octanol–water partition coefficient (Wildman–Crippen LogP) is 0.0548. The predicted molar refractivity (Wildman–Crippen MR) is 74.3 cm³/mol. The van der Waals surface area contributed by atoms with E-state index in [4.69, 9.17) is 0 Å². The number of benzene rings is 2. The molecule has 0 saturated heterocycles. The number of nitrogens with zero attached hydrogens (tertiary/aromatic N) is 1. The van der Waals surface area contributed by atoms with Crippen molar-refractivity contribution < 1.29 is 17.0 Å². The summed E-state index contributed by atoms with van der Waals surface area (Å²) in [7, 11) is 2.10. The van der Waals surface area contributed by atoms with Crippen molar-refractivity contribution in [2.24, 2.45) is 0 Å². The molecule has 2 rings (SSSR count). The van der Waals surface area contributed by atoms with Crippen LogP contribution >= 0.6 is 0 Å². The second kappa shape index (κ2) is 8.56. The van der Waals surface area contributed by atoms with Gasteiger partial charge >= 0.3 is 23.1 Å². The minimum absolute atomic E-state index is 0. The summed E-state index contributed by atoms with van der Waals surface area (Å²) in [6.45, 7) is 3.01. The van der Waals surface area contributed by atoms with Gasteiger partial charge in [-0.25, -0.2) is 0 Å². The van der Waals surface area contributed by atoms with Crippen LogP contribution in [0.1, 0.15) is 11.1 Å². The van der Waals surface area contributed by atoms with Crippen molar-refractivity contribution in [3.05, 3.63) is 65.7 Å². The van der Waals surface area contributed by atoms with Crippen molar-refractivity contribution in [2.45, 2.75) is 13.5 Å². The van der Waals surface area contributed by atoms with Crippen LogP contribution in [-0.4, -0.2) is 30.1 Å². The number of anilines is 1. The molecule has 0 radical (unpaired) electrons. The summed E-state index contributed by atoms with van der Waals surface area (Å²) >= 11 is 0. The SMILES string of the molecule is Cc1cc[c-]c(CN(C)c2ccccc2)c1.[Br-].[Mg+2]. The summed E-state index contributed by atoms with van der Waals surface area (Å²) < 4.78 is 0. The molecular formula is C15H16BrMgN. The van der Waals surface area contributed by atoms with E-state index in [0.717, 1.165) is 6.54 Å². The minimum atomic E-state index is 0. The molecule has 2 aromatic rings. The first kappa shape index (κ1) is 17.5. The molecule has 3 heteroatoms. The van der Waals surface area contributed by atoms with Crippen molar-refractivity contribution in [1.29, 1.82) is 0 Å². The molecule has 0 bridgehead atoms. The summed E-state index contributed by atoms with van der Waals surface area (Å²) in [4.78, 5) is 2.23. The van der Waals surface area contributed by atoms with Crippen LogP contribution in [0.2, 0.25) is 0 Å². The quantitative estimate of drug-likeness (QED) is 0.572. The van der Waals surface area contributed by atoms with Crippen molar-refractivity contribution in [1.82, 2.24) is 0 Å². The zero-order chi connectivity index (χ0) is 11.4. The summed E-state index contributed by atoms with van der Waals surface area (Å²) in [6, 6.07) is 19.9. The van der Waals surface area contributed by atoms with E-state index in [1.165, 1.54) is 16.8 Å². The van der Waals surface area contributed by atoms with E-state index >= 15 is 0 Å². The third kappa shape index (κ3) is 5.00. The maximum absolute atomic E-state index is 3.27. The van der Waals surface area contributed by atoms with Crippen LogP contribution in [0.4, 0.5) is 5.69 Å². The van der Waals surface area contributed by atoms with Crippen molar-refractivity contribution >= 4 is 28.7 Å². The zero-order valence-corrected chi connectivity index (χ0v) is 13.9. The van der Waals surface area contributed by atoms with Crippen LogP contribution in [0, 0.1) is 13.0 Å². The Morgan fingerprint density at radius 3 is 2.39 bits per heavy atom. The van der Waals surface area contributed by atoms with Gasteiger partial charge in [0.25, 0.3) is 0 Å². The Labute approximate surface area is 136 Å². The molecular weight excluding hydrogens is 298 g/mol. The first-order valence-electron chi connectivity index (χ1n) is 5.49. The maximum Gasteiger partial charge on any atom is 2.00 e. The van der Waals surface area contributed by atoms with Crippen LogP contribution in [0.25, 0.3) is 0 Å². The van der Waals surface area contributed by atoms with E-state index in [1.54, 1.807) is 0 Å². The van der Waals surface area contributed by atoms with Gasteiger partial charge < -0.3 is 21.9 Å². The Kier molecular flexibility index (Phi) is 8.32. The maximum atomic E-state index is 3.27. The smallest absolute Gasteiger partial charge is 1.00 e. The van der Waals surface area contributed by atoms with Gasteiger partial charge in [-0.15, -0.1) is 5.56 Å². The van der Waals surface area contributed by atoms with Gasteiger partial charge in [0.15, 0.2) is 0 Å². The molecule has 0 fully saturated rings. The number of hydrogen-bond donors (Lipinski definition) is 0. The Balaban J connectivity index is 0.00000144. The van der Waals surface area contributed by atoms with Gasteiger partial charge in [0.1, 0.15) is 0 Å². The molecule has 0 atom stereocenters. The largest absolute Gasteiger partial charge is 2.00 e. The first-order chi connectivity index (χ1) is 7.75. The van der Waals surface area contributed by atoms with Crippen LogP contribution in [0.5, 0.6) is 0 Å². The summed E-state index contributed by atoms with van der Waals surface area (Å²) in [5, 5.41) is 0. The molecule has 1 nitrogen and oxygen atoms in total. The van der Waals surface area contributed by atoms with E-state index in [2.05, 4.69) is 61.3 Å². The zero-order valence-electron chi connectivity index (χ0n) is 10.9. The van der Waals surface area contributed by atoms with Gasteiger partial charge in [-0.05, 0) is 12.1 Å². The third-order valence-electron chi connectivity index (χ3n) is 2.62. The molecule has 0 aliphatic heterocycles. The summed E-state index contributed by atoms with van der Waals surface area (Å²) in [5.74, 6) is 0. The van der Waals surface area contributed by atoms with Gasteiger partial charge in [-0.1, -0.05) is 25.1 Å². The molecule has 90 valence electrons. The van der Waals surface area contributed by atoms with Gasteiger partial charge in [0.05, 0.1) is 0 Å². The van der Waals surface area contributed by atoms with Crippen molar-refractivity contribution in [3.63, 3.8) is 0 Å². The number of aryl methyl sites for hydroxylation is 1. The van der Waals surface area contributed by atoms with E-state index in [9.17, 15) is 0 Å². The van der Waals surface area contributed by atoms with Crippen LogP contribution in [0.3, 0.4) is 0 Å². The molecule has 18 heavy (non-hydrogen) atoms. The molecule has 2 aromatic carbocycles.